The second-order valence-electron chi connectivity index (χ2n) is 5.53. The molecule has 2 aromatic rings. The van der Waals surface area contributed by atoms with Gasteiger partial charge in [0.15, 0.2) is 0 Å². The molecule has 0 bridgehead atoms. The van der Waals surface area contributed by atoms with Crippen molar-refractivity contribution in [2.24, 2.45) is 5.16 Å². The summed E-state index contributed by atoms with van der Waals surface area (Å²) < 4.78 is 0.908. The maximum atomic E-state index is 12.6. The van der Waals surface area contributed by atoms with Crippen molar-refractivity contribution in [3.63, 3.8) is 0 Å². The number of carbonyl (C=O) groups excluding carboxylic acids is 1. The Labute approximate surface area is 161 Å². The molecule has 0 spiro atoms. The van der Waals surface area contributed by atoms with E-state index in [0.29, 0.717) is 28.9 Å². The van der Waals surface area contributed by atoms with Crippen molar-refractivity contribution in [2.75, 3.05) is 22.6 Å². The first-order valence-electron chi connectivity index (χ1n) is 7.67. The van der Waals surface area contributed by atoms with E-state index in [0.717, 1.165) is 27.0 Å². The van der Waals surface area contributed by atoms with E-state index >= 15 is 0 Å². The summed E-state index contributed by atoms with van der Waals surface area (Å²) >= 11 is 6.79. The minimum atomic E-state index is -0.156. The topological polar surface area (TPSA) is 62.7 Å². The third-order valence-electron chi connectivity index (χ3n) is 3.98. The molecule has 7 heteroatoms. The van der Waals surface area contributed by atoms with Gasteiger partial charge in [-0.1, -0.05) is 55.2 Å². The molecule has 0 aliphatic carbocycles. The highest BCUT2D eigenvalue weighted by atomic mass is 79.9. The summed E-state index contributed by atoms with van der Waals surface area (Å²) in [6.45, 7) is 0.447. The Morgan fingerprint density at radius 2 is 1.84 bits per heavy atom. The molecule has 0 fully saturated rings. The monoisotopic (exact) mass is 461 g/mol. The molecule has 2 aromatic carbocycles. The Bertz CT molecular complexity index is 938. The van der Waals surface area contributed by atoms with Crippen molar-refractivity contribution >= 4 is 60.4 Å². The van der Waals surface area contributed by atoms with Gasteiger partial charge < -0.3 is 15.5 Å². The molecule has 0 saturated carbocycles. The van der Waals surface area contributed by atoms with E-state index in [-0.39, 0.29) is 5.91 Å². The number of anilines is 2. The van der Waals surface area contributed by atoms with Gasteiger partial charge in [0.1, 0.15) is 12.3 Å². The standard InChI is InChI=1S/C18H13Br2N3O2/c19-7-8-25-23-16-11-3-1-2-4-13(11)21-17(16)15-12-9-10(20)5-6-14(12)22-18(15)24/h1-6,9,21H,7-8H2,(H,22,24)/b17-15-,23-16+. The molecule has 0 unspecified atom stereocenters. The summed E-state index contributed by atoms with van der Waals surface area (Å²) in [5.74, 6) is -0.156. The SMILES string of the molecule is O=C1Nc2ccc(Br)cc2/C1=C1/Nc2ccccc2/C1=N\OCCBr. The predicted molar refractivity (Wildman–Crippen MR) is 106 cm³/mol. The number of halogens is 2. The molecule has 0 aromatic heterocycles. The molecular formula is C18H13Br2N3O2. The van der Waals surface area contributed by atoms with Gasteiger partial charge in [0, 0.05) is 32.3 Å². The van der Waals surface area contributed by atoms with Crippen LogP contribution in [0.25, 0.3) is 5.57 Å². The zero-order valence-electron chi connectivity index (χ0n) is 13.0. The van der Waals surface area contributed by atoms with Crippen LogP contribution in [0.15, 0.2) is 57.8 Å². The van der Waals surface area contributed by atoms with E-state index in [4.69, 9.17) is 4.84 Å². The first-order chi connectivity index (χ1) is 12.2. The Morgan fingerprint density at radius 1 is 1.04 bits per heavy atom. The lowest BCUT2D eigenvalue weighted by atomic mass is 10.0. The average molecular weight is 463 g/mol. The van der Waals surface area contributed by atoms with Crippen LogP contribution < -0.4 is 10.6 Å². The molecule has 2 aliphatic rings. The lowest BCUT2D eigenvalue weighted by molar-refractivity contribution is -0.110. The number of para-hydroxylation sites is 1. The van der Waals surface area contributed by atoms with Crippen LogP contribution >= 0.6 is 31.9 Å². The number of hydrogen-bond acceptors (Lipinski definition) is 4. The fourth-order valence-electron chi connectivity index (χ4n) is 2.94. The van der Waals surface area contributed by atoms with Gasteiger partial charge in [-0.2, -0.15) is 0 Å². The Hall–Kier alpha value is -2.12. The van der Waals surface area contributed by atoms with Gasteiger partial charge in [-0.15, -0.1) is 0 Å². The molecule has 5 nitrogen and oxygen atoms in total. The number of nitrogens with zero attached hydrogens (tertiary/aromatic N) is 1. The fraction of sp³-hybridized carbons (Fsp3) is 0.111. The van der Waals surface area contributed by atoms with Crippen molar-refractivity contribution in [3.05, 3.63) is 63.8 Å². The summed E-state index contributed by atoms with van der Waals surface area (Å²) in [6.07, 6.45) is 0. The van der Waals surface area contributed by atoms with Gasteiger partial charge in [0.2, 0.25) is 0 Å². The number of benzene rings is 2. The second kappa shape index (κ2) is 6.65. The third-order valence-corrected chi connectivity index (χ3v) is 4.80. The lowest BCUT2D eigenvalue weighted by Gasteiger charge is -2.06. The van der Waals surface area contributed by atoms with Crippen LogP contribution in [0.2, 0.25) is 0 Å². The van der Waals surface area contributed by atoms with E-state index in [1.165, 1.54) is 0 Å². The summed E-state index contributed by atoms with van der Waals surface area (Å²) in [4.78, 5) is 18.0. The highest BCUT2D eigenvalue weighted by Crippen LogP contribution is 2.40. The first-order valence-corrected chi connectivity index (χ1v) is 9.59. The normalized spacial score (nSPS) is 19.4. The van der Waals surface area contributed by atoms with Crippen molar-refractivity contribution in [1.82, 2.24) is 0 Å². The molecule has 2 heterocycles. The van der Waals surface area contributed by atoms with E-state index in [2.05, 4.69) is 47.6 Å². The molecule has 2 N–H and O–H groups in total. The molecular weight excluding hydrogens is 450 g/mol. The molecule has 4 rings (SSSR count). The van der Waals surface area contributed by atoms with Crippen LogP contribution in [0.5, 0.6) is 0 Å². The quantitative estimate of drug-likeness (QED) is 0.308. The molecule has 1 amide bonds. The zero-order chi connectivity index (χ0) is 17.4. The van der Waals surface area contributed by atoms with E-state index in [9.17, 15) is 4.79 Å². The van der Waals surface area contributed by atoms with Crippen LogP contribution in [-0.2, 0) is 9.63 Å². The molecule has 0 saturated heterocycles. The number of amides is 1. The van der Waals surface area contributed by atoms with Gasteiger partial charge >= 0.3 is 0 Å². The number of hydrogen-bond donors (Lipinski definition) is 2. The van der Waals surface area contributed by atoms with Crippen LogP contribution in [0.1, 0.15) is 11.1 Å². The zero-order valence-corrected chi connectivity index (χ0v) is 16.1. The van der Waals surface area contributed by atoms with Gasteiger partial charge in [-0.05, 0) is 24.3 Å². The summed E-state index contributed by atoms with van der Waals surface area (Å²) in [6, 6.07) is 13.5. The average Bonchev–Trinajstić information content (AvgIpc) is 3.11. The number of fused-ring (bicyclic) bond motifs is 2. The highest BCUT2D eigenvalue weighted by molar-refractivity contribution is 9.10. The van der Waals surface area contributed by atoms with Crippen molar-refractivity contribution in [2.45, 2.75) is 0 Å². The Morgan fingerprint density at radius 3 is 2.68 bits per heavy atom. The Balaban J connectivity index is 1.89. The number of rotatable bonds is 3. The van der Waals surface area contributed by atoms with Crippen LogP contribution in [0.4, 0.5) is 11.4 Å². The number of carbonyl (C=O) groups is 1. The van der Waals surface area contributed by atoms with Crippen LogP contribution in [0, 0.1) is 0 Å². The fourth-order valence-corrected chi connectivity index (χ4v) is 3.44. The van der Waals surface area contributed by atoms with E-state index in [1.807, 2.05) is 42.5 Å². The second-order valence-corrected chi connectivity index (χ2v) is 7.24. The number of alkyl halides is 1. The maximum Gasteiger partial charge on any atom is 0.258 e. The molecule has 25 heavy (non-hydrogen) atoms. The van der Waals surface area contributed by atoms with Gasteiger partial charge in [-0.3, -0.25) is 4.79 Å². The third kappa shape index (κ3) is 2.87. The summed E-state index contributed by atoms with van der Waals surface area (Å²) in [7, 11) is 0. The smallest absolute Gasteiger partial charge is 0.258 e. The molecule has 126 valence electrons. The van der Waals surface area contributed by atoms with Crippen molar-refractivity contribution < 1.29 is 9.63 Å². The van der Waals surface area contributed by atoms with Gasteiger partial charge in [0.05, 0.1) is 11.3 Å². The minimum absolute atomic E-state index is 0.156. The van der Waals surface area contributed by atoms with Gasteiger partial charge in [-0.25, -0.2) is 0 Å². The predicted octanol–water partition coefficient (Wildman–Crippen LogP) is 4.35. The molecule has 2 aliphatic heterocycles. The van der Waals surface area contributed by atoms with E-state index in [1.54, 1.807) is 0 Å². The number of oxime groups is 1. The van der Waals surface area contributed by atoms with Crippen LogP contribution in [0.3, 0.4) is 0 Å². The number of allylic oxidation sites excluding steroid dienone is 1. The lowest BCUT2D eigenvalue weighted by Crippen LogP contribution is -2.13. The maximum absolute atomic E-state index is 12.6. The summed E-state index contributed by atoms with van der Waals surface area (Å²) in [5.41, 5.74) is 5.30. The molecule has 0 radical (unpaired) electrons. The Kier molecular flexibility index (Phi) is 4.35. The number of nitrogens with one attached hydrogen (secondary N) is 2. The van der Waals surface area contributed by atoms with Gasteiger partial charge in [0.25, 0.3) is 5.91 Å². The largest absolute Gasteiger partial charge is 0.394 e. The highest BCUT2D eigenvalue weighted by Gasteiger charge is 2.34. The van der Waals surface area contributed by atoms with E-state index < -0.39 is 0 Å². The molecule has 0 atom stereocenters. The van der Waals surface area contributed by atoms with Crippen molar-refractivity contribution in [3.8, 4) is 0 Å². The minimum Gasteiger partial charge on any atom is -0.394 e. The first kappa shape index (κ1) is 16.4. The van der Waals surface area contributed by atoms with Crippen molar-refractivity contribution in [1.29, 1.82) is 0 Å². The summed E-state index contributed by atoms with van der Waals surface area (Å²) in [5, 5.41) is 11.2. The van der Waals surface area contributed by atoms with Crippen LogP contribution in [-0.4, -0.2) is 23.6 Å².